The van der Waals surface area contributed by atoms with Gasteiger partial charge in [-0.3, -0.25) is 0 Å². The van der Waals surface area contributed by atoms with Gasteiger partial charge in [-0.05, 0) is 20.8 Å². The first kappa shape index (κ1) is 10.6. The zero-order valence-corrected chi connectivity index (χ0v) is 9.06. The lowest BCUT2D eigenvalue weighted by atomic mass is 10.6. The minimum absolute atomic E-state index is 0.284. The maximum Gasteiger partial charge on any atom is 0.210 e. The summed E-state index contributed by atoms with van der Waals surface area (Å²) in [4.78, 5) is 5.40. The fraction of sp³-hybridized carbons (Fsp3) is 0.667. The molecule has 1 aromatic rings. The fourth-order valence-corrected chi connectivity index (χ4v) is 1.75. The Morgan fingerprint density at radius 1 is 1.38 bits per heavy atom. The topological polar surface area (TPSA) is 31.4 Å². The van der Waals surface area contributed by atoms with Gasteiger partial charge in [-0.2, -0.15) is 0 Å². The zero-order chi connectivity index (χ0) is 9.68. The van der Waals surface area contributed by atoms with Gasteiger partial charge in [0.1, 0.15) is 5.01 Å². The first-order valence-electron chi connectivity index (χ1n) is 4.43. The van der Waals surface area contributed by atoms with E-state index in [9.17, 15) is 0 Å². The van der Waals surface area contributed by atoms with Crippen LogP contribution in [-0.4, -0.2) is 18.2 Å². The summed E-state index contributed by atoms with van der Waals surface area (Å²) < 4.78 is 10.8. The number of hydrogen-bond acceptors (Lipinski definition) is 4. The number of aromatic nitrogens is 1. The summed E-state index contributed by atoms with van der Waals surface area (Å²) in [5.41, 5.74) is 0. The Morgan fingerprint density at radius 2 is 2.00 bits per heavy atom. The van der Waals surface area contributed by atoms with E-state index in [1.54, 1.807) is 11.3 Å². The van der Waals surface area contributed by atoms with E-state index >= 15 is 0 Å². The SMILES string of the molecule is CCOC(OCC)c1ncc(C)s1. The third-order valence-corrected chi connectivity index (χ3v) is 2.41. The van der Waals surface area contributed by atoms with Gasteiger partial charge in [0.15, 0.2) is 0 Å². The summed E-state index contributed by atoms with van der Waals surface area (Å²) in [6.45, 7) is 7.21. The number of thiazole rings is 1. The molecule has 1 rings (SSSR count). The molecule has 0 N–H and O–H groups in total. The van der Waals surface area contributed by atoms with Gasteiger partial charge >= 0.3 is 0 Å². The van der Waals surface area contributed by atoms with Gasteiger partial charge < -0.3 is 9.47 Å². The third-order valence-electron chi connectivity index (χ3n) is 1.48. The highest BCUT2D eigenvalue weighted by atomic mass is 32.1. The van der Waals surface area contributed by atoms with Crippen molar-refractivity contribution in [3.63, 3.8) is 0 Å². The van der Waals surface area contributed by atoms with Crippen LogP contribution in [-0.2, 0) is 9.47 Å². The molecule has 3 nitrogen and oxygen atoms in total. The Labute approximate surface area is 82.7 Å². The average Bonchev–Trinajstić information content (AvgIpc) is 2.51. The Hall–Kier alpha value is -0.450. The van der Waals surface area contributed by atoms with Crippen LogP contribution in [0.4, 0.5) is 0 Å². The second-order valence-corrected chi connectivity index (χ2v) is 3.82. The Morgan fingerprint density at radius 3 is 2.38 bits per heavy atom. The molecule has 0 atom stereocenters. The molecule has 4 heteroatoms. The maximum absolute atomic E-state index is 5.41. The van der Waals surface area contributed by atoms with Crippen LogP contribution in [0.1, 0.15) is 30.0 Å². The van der Waals surface area contributed by atoms with E-state index < -0.39 is 0 Å². The van der Waals surface area contributed by atoms with E-state index in [4.69, 9.17) is 9.47 Å². The summed E-state index contributed by atoms with van der Waals surface area (Å²) in [5.74, 6) is 0. The molecule has 1 heterocycles. The van der Waals surface area contributed by atoms with Gasteiger partial charge in [0.2, 0.25) is 6.29 Å². The molecule has 0 aliphatic heterocycles. The zero-order valence-electron chi connectivity index (χ0n) is 8.24. The summed E-state index contributed by atoms with van der Waals surface area (Å²) in [7, 11) is 0. The lowest BCUT2D eigenvalue weighted by Crippen LogP contribution is -2.08. The van der Waals surface area contributed by atoms with Crippen molar-refractivity contribution in [1.82, 2.24) is 4.98 Å². The van der Waals surface area contributed by atoms with Crippen LogP contribution in [0.25, 0.3) is 0 Å². The van der Waals surface area contributed by atoms with Crippen LogP contribution in [0, 0.1) is 6.92 Å². The molecule has 0 amide bonds. The normalized spacial score (nSPS) is 11.1. The summed E-state index contributed by atoms with van der Waals surface area (Å²) in [6, 6.07) is 0. The van der Waals surface area contributed by atoms with Gasteiger partial charge in [-0.15, -0.1) is 11.3 Å². The number of hydrogen-bond donors (Lipinski definition) is 0. The smallest absolute Gasteiger partial charge is 0.210 e. The Bertz CT molecular complexity index is 244. The van der Waals surface area contributed by atoms with Crippen molar-refractivity contribution in [3.8, 4) is 0 Å². The third kappa shape index (κ3) is 3.06. The van der Waals surface area contributed by atoms with Gasteiger partial charge in [0.05, 0.1) is 0 Å². The van der Waals surface area contributed by atoms with Crippen molar-refractivity contribution in [2.75, 3.05) is 13.2 Å². The molecule has 0 bridgehead atoms. The van der Waals surface area contributed by atoms with Crippen LogP contribution in [0.15, 0.2) is 6.20 Å². The number of ether oxygens (including phenoxy) is 2. The lowest BCUT2D eigenvalue weighted by Gasteiger charge is -2.13. The van der Waals surface area contributed by atoms with Gasteiger partial charge in [0.25, 0.3) is 0 Å². The van der Waals surface area contributed by atoms with E-state index in [2.05, 4.69) is 4.98 Å². The standard InChI is InChI=1S/C9H15NO2S/c1-4-11-9(12-5-2)8-10-6-7(3)13-8/h6,9H,4-5H2,1-3H3. The highest BCUT2D eigenvalue weighted by Crippen LogP contribution is 2.23. The molecule has 0 fully saturated rings. The van der Waals surface area contributed by atoms with Crippen molar-refractivity contribution < 1.29 is 9.47 Å². The Balaban J connectivity index is 2.63. The predicted molar refractivity (Wildman–Crippen MR) is 52.8 cm³/mol. The first-order valence-corrected chi connectivity index (χ1v) is 5.25. The van der Waals surface area contributed by atoms with Crippen molar-refractivity contribution in [2.24, 2.45) is 0 Å². The minimum Gasteiger partial charge on any atom is -0.347 e. The van der Waals surface area contributed by atoms with Gasteiger partial charge in [-0.1, -0.05) is 0 Å². The quantitative estimate of drug-likeness (QED) is 0.686. The predicted octanol–water partition coefficient (Wildman–Crippen LogP) is 2.52. The molecular weight excluding hydrogens is 186 g/mol. The Kier molecular flexibility index (Phi) is 4.35. The molecule has 0 unspecified atom stereocenters. The van der Waals surface area contributed by atoms with Gasteiger partial charge in [0, 0.05) is 24.3 Å². The molecule has 13 heavy (non-hydrogen) atoms. The van der Waals surface area contributed by atoms with Crippen molar-refractivity contribution >= 4 is 11.3 Å². The van der Waals surface area contributed by atoms with E-state index in [1.165, 1.54) is 4.88 Å². The summed E-state index contributed by atoms with van der Waals surface area (Å²) in [5, 5.41) is 0.904. The molecular formula is C9H15NO2S. The second-order valence-electron chi connectivity index (χ2n) is 2.55. The first-order chi connectivity index (χ1) is 6.27. The number of rotatable bonds is 5. The van der Waals surface area contributed by atoms with E-state index in [1.807, 2.05) is 27.0 Å². The van der Waals surface area contributed by atoms with E-state index in [0.29, 0.717) is 13.2 Å². The molecule has 74 valence electrons. The van der Waals surface area contributed by atoms with Crippen molar-refractivity contribution in [1.29, 1.82) is 0 Å². The monoisotopic (exact) mass is 201 g/mol. The lowest BCUT2D eigenvalue weighted by molar-refractivity contribution is -0.140. The van der Waals surface area contributed by atoms with Crippen LogP contribution >= 0.6 is 11.3 Å². The molecule has 0 saturated carbocycles. The highest BCUT2D eigenvalue weighted by molar-refractivity contribution is 7.11. The van der Waals surface area contributed by atoms with Crippen LogP contribution in [0.3, 0.4) is 0 Å². The fourth-order valence-electron chi connectivity index (χ4n) is 0.975. The number of nitrogens with zero attached hydrogens (tertiary/aromatic N) is 1. The second kappa shape index (κ2) is 5.32. The summed E-state index contributed by atoms with van der Waals surface area (Å²) in [6.07, 6.45) is 1.55. The van der Waals surface area contributed by atoms with E-state index in [-0.39, 0.29) is 6.29 Å². The highest BCUT2D eigenvalue weighted by Gasteiger charge is 2.14. The largest absolute Gasteiger partial charge is 0.347 e. The van der Waals surface area contributed by atoms with Crippen LogP contribution in [0.5, 0.6) is 0 Å². The molecule has 0 saturated heterocycles. The van der Waals surface area contributed by atoms with Crippen LogP contribution in [0.2, 0.25) is 0 Å². The average molecular weight is 201 g/mol. The van der Waals surface area contributed by atoms with Crippen molar-refractivity contribution in [2.45, 2.75) is 27.1 Å². The minimum atomic E-state index is -0.284. The van der Waals surface area contributed by atoms with Gasteiger partial charge in [-0.25, -0.2) is 4.98 Å². The molecule has 0 aromatic carbocycles. The molecule has 1 aromatic heterocycles. The number of aryl methyl sites for hydroxylation is 1. The van der Waals surface area contributed by atoms with Crippen molar-refractivity contribution in [3.05, 3.63) is 16.1 Å². The summed E-state index contributed by atoms with van der Waals surface area (Å²) >= 11 is 1.61. The maximum atomic E-state index is 5.41. The molecule has 0 aliphatic rings. The van der Waals surface area contributed by atoms with E-state index in [0.717, 1.165) is 5.01 Å². The molecule has 0 spiro atoms. The molecule has 0 radical (unpaired) electrons. The molecule has 0 aliphatic carbocycles. The van der Waals surface area contributed by atoms with Crippen LogP contribution < -0.4 is 0 Å².